The molecule has 0 heterocycles. The standard InChI is InChI=1S/C15H23BrFN3O2.HI/c1-18-15(19-6-3-7-22-9-8-21-2)20-11-12-4-5-13(16)14(17)10-12;/h4-5,10H,3,6-9,11H2,1-2H3,(H2,18,19,20);1H. The number of guanidine groups is 1. The Labute approximate surface area is 162 Å². The Hall–Kier alpha value is -0.450. The summed E-state index contributed by atoms with van der Waals surface area (Å²) in [6.45, 7) is 3.15. The van der Waals surface area contributed by atoms with Crippen LogP contribution in [0.5, 0.6) is 0 Å². The van der Waals surface area contributed by atoms with Gasteiger partial charge in [-0.3, -0.25) is 4.99 Å². The van der Waals surface area contributed by atoms with Crippen LogP contribution in [0.2, 0.25) is 0 Å². The second-order valence-electron chi connectivity index (χ2n) is 4.56. The van der Waals surface area contributed by atoms with Gasteiger partial charge in [-0.15, -0.1) is 24.0 Å². The van der Waals surface area contributed by atoms with Crippen molar-refractivity contribution >= 4 is 45.9 Å². The van der Waals surface area contributed by atoms with Crippen molar-refractivity contribution in [3.8, 4) is 0 Å². The van der Waals surface area contributed by atoms with Crippen LogP contribution in [-0.2, 0) is 16.0 Å². The van der Waals surface area contributed by atoms with E-state index < -0.39 is 0 Å². The molecule has 0 amide bonds. The quantitative estimate of drug-likeness (QED) is 0.235. The molecule has 1 aromatic rings. The first-order chi connectivity index (χ1) is 10.7. The highest BCUT2D eigenvalue weighted by molar-refractivity contribution is 14.0. The second-order valence-corrected chi connectivity index (χ2v) is 5.41. The van der Waals surface area contributed by atoms with E-state index >= 15 is 0 Å². The Kier molecular flexibility index (Phi) is 13.7. The van der Waals surface area contributed by atoms with Crippen molar-refractivity contribution in [2.45, 2.75) is 13.0 Å². The largest absolute Gasteiger partial charge is 0.382 e. The fourth-order valence-corrected chi connectivity index (χ4v) is 1.93. The van der Waals surface area contributed by atoms with Crippen LogP contribution in [0.15, 0.2) is 27.7 Å². The molecule has 0 unspecified atom stereocenters. The minimum atomic E-state index is -0.268. The zero-order valence-corrected chi connectivity index (χ0v) is 17.3. The van der Waals surface area contributed by atoms with Gasteiger partial charge in [0, 0.05) is 33.9 Å². The third-order valence-electron chi connectivity index (χ3n) is 2.86. The summed E-state index contributed by atoms with van der Waals surface area (Å²) in [4.78, 5) is 4.12. The van der Waals surface area contributed by atoms with E-state index in [0.29, 0.717) is 36.8 Å². The number of benzene rings is 1. The molecule has 132 valence electrons. The number of halogens is 3. The van der Waals surface area contributed by atoms with Crippen molar-refractivity contribution in [1.29, 1.82) is 0 Å². The van der Waals surface area contributed by atoms with Crippen LogP contribution >= 0.6 is 39.9 Å². The van der Waals surface area contributed by atoms with Gasteiger partial charge >= 0.3 is 0 Å². The molecule has 0 spiro atoms. The SMILES string of the molecule is CN=C(NCCCOCCOC)NCc1ccc(Br)c(F)c1.I. The molecule has 0 saturated heterocycles. The molecule has 0 bridgehead atoms. The normalized spacial score (nSPS) is 11.0. The van der Waals surface area contributed by atoms with Crippen LogP contribution < -0.4 is 10.6 Å². The lowest BCUT2D eigenvalue weighted by atomic mass is 10.2. The molecule has 0 aliphatic rings. The molecule has 0 radical (unpaired) electrons. The van der Waals surface area contributed by atoms with Gasteiger partial charge in [0.2, 0.25) is 0 Å². The smallest absolute Gasteiger partial charge is 0.191 e. The summed E-state index contributed by atoms with van der Waals surface area (Å²) in [5.41, 5.74) is 0.853. The van der Waals surface area contributed by atoms with Crippen LogP contribution in [0.25, 0.3) is 0 Å². The molecule has 23 heavy (non-hydrogen) atoms. The molecule has 0 fully saturated rings. The minimum Gasteiger partial charge on any atom is -0.382 e. The summed E-state index contributed by atoms with van der Waals surface area (Å²) in [6.07, 6.45) is 0.872. The third kappa shape index (κ3) is 10.1. The number of ether oxygens (including phenoxy) is 2. The molecule has 0 saturated carbocycles. The maximum absolute atomic E-state index is 13.4. The monoisotopic (exact) mass is 503 g/mol. The Bertz CT molecular complexity index is 478. The predicted molar refractivity (Wildman–Crippen MR) is 105 cm³/mol. The number of nitrogens with zero attached hydrogens (tertiary/aromatic N) is 1. The van der Waals surface area contributed by atoms with Crippen molar-refractivity contribution in [1.82, 2.24) is 10.6 Å². The molecule has 8 heteroatoms. The highest BCUT2D eigenvalue weighted by atomic mass is 127. The fourth-order valence-electron chi connectivity index (χ4n) is 1.68. The van der Waals surface area contributed by atoms with Crippen LogP contribution in [0, 0.1) is 5.82 Å². The molecular formula is C15H24BrFIN3O2. The molecule has 0 aromatic heterocycles. The van der Waals surface area contributed by atoms with Gasteiger partial charge < -0.3 is 20.1 Å². The van der Waals surface area contributed by atoms with Crippen molar-refractivity contribution < 1.29 is 13.9 Å². The van der Waals surface area contributed by atoms with E-state index in [2.05, 4.69) is 31.6 Å². The second kappa shape index (κ2) is 13.9. The third-order valence-corrected chi connectivity index (χ3v) is 3.50. The Morgan fingerprint density at radius 2 is 2.04 bits per heavy atom. The van der Waals surface area contributed by atoms with E-state index in [4.69, 9.17) is 9.47 Å². The van der Waals surface area contributed by atoms with Gasteiger partial charge in [0.1, 0.15) is 5.82 Å². The van der Waals surface area contributed by atoms with Crippen LogP contribution in [0.4, 0.5) is 4.39 Å². The van der Waals surface area contributed by atoms with E-state index in [9.17, 15) is 4.39 Å². The number of rotatable bonds is 9. The van der Waals surface area contributed by atoms with Crippen LogP contribution in [-0.4, -0.2) is 46.5 Å². The van der Waals surface area contributed by atoms with Gasteiger partial charge in [-0.1, -0.05) is 6.07 Å². The average molecular weight is 504 g/mol. The van der Waals surface area contributed by atoms with Crippen molar-refractivity contribution in [3.05, 3.63) is 34.1 Å². The lowest BCUT2D eigenvalue weighted by Gasteiger charge is -2.12. The lowest BCUT2D eigenvalue weighted by molar-refractivity contribution is 0.0698. The summed E-state index contributed by atoms with van der Waals surface area (Å²) in [6, 6.07) is 5.05. The molecule has 2 N–H and O–H groups in total. The van der Waals surface area contributed by atoms with Gasteiger partial charge in [-0.25, -0.2) is 4.39 Å². The fraction of sp³-hybridized carbons (Fsp3) is 0.533. The maximum atomic E-state index is 13.4. The summed E-state index contributed by atoms with van der Waals surface area (Å²) in [5.74, 6) is 0.413. The Morgan fingerprint density at radius 3 is 2.70 bits per heavy atom. The maximum Gasteiger partial charge on any atom is 0.191 e. The van der Waals surface area contributed by atoms with Gasteiger partial charge in [0.25, 0.3) is 0 Å². The number of methoxy groups -OCH3 is 1. The van der Waals surface area contributed by atoms with E-state index in [-0.39, 0.29) is 29.8 Å². The van der Waals surface area contributed by atoms with Crippen molar-refractivity contribution in [2.24, 2.45) is 4.99 Å². The Morgan fingerprint density at radius 1 is 1.26 bits per heavy atom. The van der Waals surface area contributed by atoms with E-state index in [1.165, 1.54) is 6.07 Å². The summed E-state index contributed by atoms with van der Waals surface area (Å²) < 4.78 is 24.1. The van der Waals surface area contributed by atoms with Gasteiger partial charge in [-0.05, 0) is 40.0 Å². The number of hydrogen-bond acceptors (Lipinski definition) is 3. The highest BCUT2D eigenvalue weighted by Crippen LogP contribution is 2.16. The van der Waals surface area contributed by atoms with Crippen molar-refractivity contribution in [2.75, 3.05) is 40.5 Å². The van der Waals surface area contributed by atoms with Gasteiger partial charge in [-0.2, -0.15) is 0 Å². The topological polar surface area (TPSA) is 54.9 Å². The molecule has 0 atom stereocenters. The number of aliphatic imine (C=N–C) groups is 1. The van der Waals surface area contributed by atoms with E-state index in [1.54, 1.807) is 20.2 Å². The average Bonchev–Trinajstić information content (AvgIpc) is 2.52. The Balaban J connectivity index is 0.00000484. The summed E-state index contributed by atoms with van der Waals surface area (Å²) in [5, 5.41) is 6.32. The zero-order valence-electron chi connectivity index (χ0n) is 13.4. The molecular weight excluding hydrogens is 480 g/mol. The van der Waals surface area contributed by atoms with Crippen LogP contribution in [0.1, 0.15) is 12.0 Å². The number of nitrogens with one attached hydrogen (secondary N) is 2. The summed E-state index contributed by atoms with van der Waals surface area (Å²) >= 11 is 3.14. The molecule has 1 aromatic carbocycles. The van der Waals surface area contributed by atoms with E-state index in [0.717, 1.165) is 18.5 Å². The first-order valence-corrected chi connectivity index (χ1v) is 7.91. The van der Waals surface area contributed by atoms with E-state index in [1.807, 2.05) is 6.07 Å². The zero-order chi connectivity index (χ0) is 16.2. The number of hydrogen-bond donors (Lipinski definition) is 2. The lowest BCUT2D eigenvalue weighted by Crippen LogP contribution is -2.37. The predicted octanol–water partition coefficient (Wildman–Crippen LogP) is 2.92. The molecule has 1 rings (SSSR count). The summed E-state index contributed by atoms with van der Waals surface area (Å²) in [7, 11) is 3.35. The molecule has 0 aliphatic heterocycles. The van der Waals surface area contributed by atoms with Crippen LogP contribution in [0.3, 0.4) is 0 Å². The highest BCUT2D eigenvalue weighted by Gasteiger charge is 2.02. The first-order valence-electron chi connectivity index (χ1n) is 7.12. The van der Waals surface area contributed by atoms with Crippen molar-refractivity contribution in [3.63, 3.8) is 0 Å². The first kappa shape index (κ1) is 22.6. The molecule has 5 nitrogen and oxygen atoms in total. The minimum absolute atomic E-state index is 0. The van der Waals surface area contributed by atoms with Gasteiger partial charge in [0.15, 0.2) is 5.96 Å². The van der Waals surface area contributed by atoms with Gasteiger partial charge in [0.05, 0.1) is 17.7 Å². The molecule has 0 aliphatic carbocycles.